The van der Waals surface area contributed by atoms with Gasteiger partial charge in [-0.05, 0) is 25.8 Å². The van der Waals surface area contributed by atoms with E-state index in [0.717, 1.165) is 36.1 Å². The number of ether oxygens (including phenoxy) is 1. The van der Waals surface area contributed by atoms with Gasteiger partial charge in [0.1, 0.15) is 5.75 Å². The Morgan fingerprint density at radius 2 is 2.11 bits per heavy atom. The Labute approximate surface area is 117 Å². The number of nitrogens with zero attached hydrogens (tertiary/aromatic N) is 1. The SMILES string of the molecule is CCCCC(CC)CNCc1cc(OC)cc(C)n1. The summed E-state index contributed by atoms with van der Waals surface area (Å²) in [5.41, 5.74) is 2.07. The third-order valence-corrected chi connectivity index (χ3v) is 3.50. The van der Waals surface area contributed by atoms with Crippen LogP contribution in [0.4, 0.5) is 0 Å². The Bertz CT molecular complexity index is 366. The molecule has 19 heavy (non-hydrogen) atoms. The number of aryl methyl sites for hydroxylation is 1. The molecule has 108 valence electrons. The zero-order chi connectivity index (χ0) is 14.1. The number of aromatic nitrogens is 1. The maximum atomic E-state index is 5.27. The lowest BCUT2D eigenvalue weighted by molar-refractivity contribution is 0.408. The summed E-state index contributed by atoms with van der Waals surface area (Å²) < 4.78 is 5.27. The van der Waals surface area contributed by atoms with E-state index in [0.29, 0.717) is 0 Å². The highest BCUT2D eigenvalue weighted by atomic mass is 16.5. The van der Waals surface area contributed by atoms with Crippen LogP contribution >= 0.6 is 0 Å². The molecule has 0 fully saturated rings. The van der Waals surface area contributed by atoms with E-state index in [1.54, 1.807) is 7.11 Å². The number of pyridine rings is 1. The highest BCUT2D eigenvalue weighted by Gasteiger charge is 2.06. The maximum absolute atomic E-state index is 5.27. The van der Waals surface area contributed by atoms with Crippen LogP contribution in [0.2, 0.25) is 0 Å². The fraction of sp³-hybridized carbons (Fsp3) is 0.688. The molecule has 1 aromatic rings. The van der Waals surface area contributed by atoms with Crippen LogP contribution in [-0.2, 0) is 6.54 Å². The molecule has 0 saturated heterocycles. The quantitative estimate of drug-likeness (QED) is 0.738. The first-order valence-corrected chi connectivity index (χ1v) is 7.41. The minimum Gasteiger partial charge on any atom is -0.497 e. The van der Waals surface area contributed by atoms with E-state index in [4.69, 9.17) is 4.74 Å². The average Bonchev–Trinajstić information content (AvgIpc) is 2.42. The normalized spacial score (nSPS) is 12.4. The van der Waals surface area contributed by atoms with E-state index in [1.807, 2.05) is 19.1 Å². The Kier molecular flexibility index (Phi) is 7.49. The van der Waals surface area contributed by atoms with E-state index < -0.39 is 0 Å². The molecule has 1 aromatic heterocycles. The predicted molar refractivity (Wildman–Crippen MR) is 80.5 cm³/mol. The summed E-state index contributed by atoms with van der Waals surface area (Å²) in [5, 5.41) is 3.52. The first-order chi connectivity index (χ1) is 9.19. The lowest BCUT2D eigenvalue weighted by Gasteiger charge is -2.15. The zero-order valence-electron chi connectivity index (χ0n) is 12.8. The summed E-state index contributed by atoms with van der Waals surface area (Å²) in [4.78, 5) is 4.52. The Balaban J connectivity index is 2.41. The third kappa shape index (κ3) is 6.06. The van der Waals surface area contributed by atoms with Gasteiger partial charge in [0.2, 0.25) is 0 Å². The number of hydrogen-bond acceptors (Lipinski definition) is 3. The second kappa shape index (κ2) is 8.92. The molecule has 0 saturated carbocycles. The molecule has 1 N–H and O–H groups in total. The van der Waals surface area contributed by atoms with E-state index in [-0.39, 0.29) is 0 Å². The lowest BCUT2D eigenvalue weighted by Crippen LogP contribution is -2.22. The Morgan fingerprint density at radius 1 is 1.32 bits per heavy atom. The standard InChI is InChI=1S/C16H28N2O/c1-5-7-8-14(6-2)11-17-12-15-10-16(19-4)9-13(3)18-15/h9-10,14,17H,5-8,11-12H2,1-4H3. The molecule has 3 nitrogen and oxygen atoms in total. The summed E-state index contributed by atoms with van der Waals surface area (Å²) in [6.45, 7) is 8.43. The van der Waals surface area contributed by atoms with Gasteiger partial charge in [-0.15, -0.1) is 0 Å². The van der Waals surface area contributed by atoms with E-state index >= 15 is 0 Å². The van der Waals surface area contributed by atoms with Crippen LogP contribution in [0, 0.1) is 12.8 Å². The zero-order valence-corrected chi connectivity index (χ0v) is 12.8. The summed E-state index contributed by atoms with van der Waals surface area (Å²) in [5.74, 6) is 1.67. The highest BCUT2D eigenvalue weighted by molar-refractivity contribution is 5.26. The number of unbranched alkanes of at least 4 members (excludes halogenated alkanes) is 1. The molecule has 1 rings (SSSR count). The second-order valence-corrected chi connectivity index (χ2v) is 5.19. The van der Waals surface area contributed by atoms with Crippen molar-refractivity contribution < 1.29 is 4.74 Å². The largest absolute Gasteiger partial charge is 0.497 e. The van der Waals surface area contributed by atoms with Crippen LogP contribution in [0.3, 0.4) is 0 Å². The molecule has 0 bridgehead atoms. The molecule has 0 aliphatic carbocycles. The maximum Gasteiger partial charge on any atom is 0.122 e. The first kappa shape index (κ1) is 16.0. The fourth-order valence-corrected chi connectivity index (χ4v) is 2.26. The molecule has 0 aromatic carbocycles. The summed E-state index contributed by atoms with van der Waals surface area (Å²) in [7, 11) is 1.70. The van der Waals surface area contributed by atoms with Crippen LogP contribution in [-0.4, -0.2) is 18.6 Å². The molecule has 0 amide bonds. The van der Waals surface area contributed by atoms with Crippen molar-refractivity contribution in [1.29, 1.82) is 0 Å². The molecule has 1 unspecified atom stereocenters. The summed E-state index contributed by atoms with van der Waals surface area (Å²) in [6.07, 6.45) is 5.19. The molecular weight excluding hydrogens is 236 g/mol. The number of hydrogen-bond donors (Lipinski definition) is 1. The minimum atomic E-state index is 0.784. The number of nitrogens with one attached hydrogen (secondary N) is 1. The molecule has 0 aliphatic heterocycles. The Hall–Kier alpha value is -1.09. The van der Waals surface area contributed by atoms with Gasteiger partial charge in [-0.2, -0.15) is 0 Å². The van der Waals surface area contributed by atoms with Crippen molar-refractivity contribution in [2.45, 2.75) is 53.0 Å². The number of rotatable bonds is 9. The van der Waals surface area contributed by atoms with Gasteiger partial charge in [-0.1, -0.05) is 33.1 Å². The van der Waals surface area contributed by atoms with Crippen molar-refractivity contribution in [3.8, 4) is 5.75 Å². The van der Waals surface area contributed by atoms with E-state index in [1.165, 1.54) is 25.7 Å². The highest BCUT2D eigenvalue weighted by Crippen LogP contribution is 2.14. The molecule has 0 spiro atoms. The molecule has 3 heteroatoms. The van der Waals surface area contributed by atoms with Crippen molar-refractivity contribution in [2.24, 2.45) is 5.92 Å². The number of methoxy groups -OCH3 is 1. The summed E-state index contributed by atoms with van der Waals surface area (Å²) in [6, 6.07) is 3.96. The minimum absolute atomic E-state index is 0.784. The lowest BCUT2D eigenvalue weighted by atomic mass is 9.99. The van der Waals surface area contributed by atoms with Crippen molar-refractivity contribution in [3.63, 3.8) is 0 Å². The van der Waals surface area contributed by atoms with E-state index in [2.05, 4.69) is 24.1 Å². The van der Waals surface area contributed by atoms with Crippen LogP contribution < -0.4 is 10.1 Å². The topological polar surface area (TPSA) is 34.1 Å². The Morgan fingerprint density at radius 3 is 2.74 bits per heavy atom. The predicted octanol–water partition coefficient (Wildman–Crippen LogP) is 3.70. The molecule has 0 aliphatic rings. The van der Waals surface area contributed by atoms with Gasteiger partial charge in [0.05, 0.1) is 12.8 Å². The van der Waals surface area contributed by atoms with Gasteiger partial charge in [0.15, 0.2) is 0 Å². The van der Waals surface area contributed by atoms with Crippen LogP contribution in [0.15, 0.2) is 12.1 Å². The van der Waals surface area contributed by atoms with Crippen LogP contribution in [0.25, 0.3) is 0 Å². The first-order valence-electron chi connectivity index (χ1n) is 7.41. The van der Waals surface area contributed by atoms with Crippen molar-refractivity contribution in [1.82, 2.24) is 10.3 Å². The second-order valence-electron chi connectivity index (χ2n) is 5.19. The smallest absolute Gasteiger partial charge is 0.122 e. The van der Waals surface area contributed by atoms with Crippen molar-refractivity contribution in [2.75, 3.05) is 13.7 Å². The molecule has 1 heterocycles. The molecular formula is C16H28N2O. The molecule has 0 radical (unpaired) electrons. The average molecular weight is 264 g/mol. The van der Waals surface area contributed by atoms with Crippen molar-refractivity contribution >= 4 is 0 Å². The van der Waals surface area contributed by atoms with Gasteiger partial charge >= 0.3 is 0 Å². The van der Waals surface area contributed by atoms with Gasteiger partial charge in [-0.3, -0.25) is 4.98 Å². The van der Waals surface area contributed by atoms with Gasteiger partial charge < -0.3 is 10.1 Å². The summed E-state index contributed by atoms with van der Waals surface area (Å²) >= 11 is 0. The van der Waals surface area contributed by atoms with Gasteiger partial charge in [-0.25, -0.2) is 0 Å². The van der Waals surface area contributed by atoms with Crippen LogP contribution in [0.1, 0.15) is 50.9 Å². The fourth-order valence-electron chi connectivity index (χ4n) is 2.26. The van der Waals surface area contributed by atoms with Gasteiger partial charge in [0.25, 0.3) is 0 Å². The van der Waals surface area contributed by atoms with Crippen LogP contribution in [0.5, 0.6) is 5.75 Å². The third-order valence-electron chi connectivity index (χ3n) is 3.50. The van der Waals surface area contributed by atoms with Crippen molar-refractivity contribution in [3.05, 3.63) is 23.5 Å². The monoisotopic (exact) mass is 264 g/mol. The van der Waals surface area contributed by atoms with Gasteiger partial charge in [0, 0.05) is 24.4 Å². The molecule has 1 atom stereocenters. The van der Waals surface area contributed by atoms with E-state index in [9.17, 15) is 0 Å².